The van der Waals surface area contributed by atoms with Crippen molar-refractivity contribution < 1.29 is 9.53 Å². The molecule has 3 rings (SSSR count). The molecule has 1 saturated heterocycles. The lowest BCUT2D eigenvalue weighted by molar-refractivity contribution is -0.115. The minimum absolute atomic E-state index is 0.119. The van der Waals surface area contributed by atoms with Crippen LogP contribution >= 0.6 is 24.0 Å². The Kier molecular flexibility index (Phi) is 4.08. The SMILES string of the molecule is O=C1NC(=S)SC1=Cc1ccc(OC2CCCC2)cc1. The van der Waals surface area contributed by atoms with Gasteiger partial charge in [0.1, 0.15) is 10.1 Å². The molecule has 104 valence electrons. The molecule has 0 radical (unpaired) electrons. The summed E-state index contributed by atoms with van der Waals surface area (Å²) >= 11 is 6.26. The van der Waals surface area contributed by atoms with Crippen molar-refractivity contribution in [2.24, 2.45) is 0 Å². The second kappa shape index (κ2) is 5.97. The van der Waals surface area contributed by atoms with Crippen LogP contribution in [0.5, 0.6) is 5.75 Å². The number of carbonyl (C=O) groups excluding carboxylic acids is 1. The maximum atomic E-state index is 11.6. The first-order chi connectivity index (χ1) is 9.70. The van der Waals surface area contributed by atoms with E-state index in [1.807, 2.05) is 30.3 Å². The van der Waals surface area contributed by atoms with Gasteiger partial charge < -0.3 is 10.1 Å². The van der Waals surface area contributed by atoms with Gasteiger partial charge in [0.05, 0.1) is 11.0 Å². The van der Waals surface area contributed by atoms with Crippen LogP contribution in [-0.2, 0) is 4.79 Å². The Hall–Kier alpha value is -1.33. The molecule has 1 aliphatic heterocycles. The molecule has 2 fully saturated rings. The molecule has 1 aromatic carbocycles. The third-order valence-corrected chi connectivity index (χ3v) is 4.59. The monoisotopic (exact) mass is 305 g/mol. The van der Waals surface area contributed by atoms with Gasteiger partial charge in [-0.05, 0) is 49.5 Å². The molecule has 1 aromatic rings. The molecular formula is C15H15NO2S2. The molecule has 2 aliphatic rings. The average Bonchev–Trinajstić information content (AvgIpc) is 3.03. The van der Waals surface area contributed by atoms with Crippen LogP contribution in [0.2, 0.25) is 0 Å². The average molecular weight is 305 g/mol. The van der Waals surface area contributed by atoms with E-state index in [1.54, 1.807) is 0 Å². The maximum Gasteiger partial charge on any atom is 0.263 e. The van der Waals surface area contributed by atoms with E-state index < -0.39 is 0 Å². The quantitative estimate of drug-likeness (QED) is 0.685. The van der Waals surface area contributed by atoms with Gasteiger partial charge >= 0.3 is 0 Å². The van der Waals surface area contributed by atoms with Crippen LogP contribution in [-0.4, -0.2) is 16.3 Å². The highest BCUT2D eigenvalue weighted by Gasteiger charge is 2.22. The van der Waals surface area contributed by atoms with E-state index in [9.17, 15) is 4.79 Å². The number of ether oxygens (including phenoxy) is 1. The molecule has 20 heavy (non-hydrogen) atoms. The van der Waals surface area contributed by atoms with Gasteiger partial charge in [-0.2, -0.15) is 0 Å². The predicted molar refractivity (Wildman–Crippen MR) is 85.6 cm³/mol. The first-order valence-corrected chi connectivity index (χ1v) is 7.95. The minimum atomic E-state index is -0.119. The highest BCUT2D eigenvalue weighted by atomic mass is 32.2. The van der Waals surface area contributed by atoms with Gasteiger partial charge in [-0.15, -0.1) is 0 Å². The number of benzene rings is 1. The zero-order chi connectivity index (χ0) is 13.9. The van der Waals surface area contributed by atoms with Crippen molar-refractivity contribution in [2.45, 2.75) is 31.8 Å². The largest absolute Gasteiger partial charge is 0.490 e. The van der Waals surface area contributed by atoms with Crippen molar-refractivity contribution in [3.63, 3.8) is 0 Å². The lowest BCUT2D eigenvalue weighted by Crippen LogP contribution is -2.17. The summed E-state index contributed by atoms with van der Waals surface area (Å²) in [5, 5.41) is 2.61. The Morgan fingerprint density at radius 2 is 1.95 bits per heavy atom. The van der Waals surface area contributed by atoms with E-state index in [2.05, 4.69) is 5.32 Å². The van der Waals surface area contributed by atoms with Crippen molar-refractivity contribution >= 4 is 40.3 Å². The van der Waals surface area contributed by atoms with Crippen molar-refractivity contribution in [1.29, 1.82) is 0 Å². The number of rotatable bonds is 3. The summed E-state index contributed by atoms with van der Waals surface area (Å²) in [6, 6.07) is 7.85. The molecule has 1 saturated carbocycles. The molecule has 0 bridgehead atoms. The highest BCUT2D eigenvalue weighted by Crippen LogP contribution is 2.27. The van der Waals surface area contributed by atoms with E-state index in [0.29, 0.717) is 15.3 Å². The van der Waals surface area contributed by atoms with Crippen LogP contribution in [0.25, 0.3) is 6.08 Å². The van der Waals surface area contributed by atoms with E-state index in [1.165, 1.54) is 24.6 Å². The maximum absolute atomic E-state index is 11.6. The number of thioether (sulfide) groups is 1. The van der Waals surface area contributed by atoms with Gasteiger partial charge in [0.15, 0.2) is 0 Å². The first-order valence-electron chi connectivity index (χ1n) is 6.72. The summed E-state index contributed by atoms with van der Waals surface area (Å²) < 4.78 is 6.43. The van der Waals surface area contributed by atoms with Crippen molar-refractivity contribution in [3.05, 3.63) is 34.7 Å². The minimum Gasteiger partial charge on any atom is -0.490 e. The van der Waals surface area contributed by atoms with Gasteiger partial charge in [-0.1, -0.05) is 36.1 Å². The van der Waals surface area contributed by atoms with Gasteiger partial charge in [0.2, 0.25) is 0 Å². The topological polar surface area (TPSA) is 38.3 Å². The molecule has 1 heterocycles. The number of hydrogen-bond acceptors (Lipinski definition) is 4. The van der Waals surface area contributed by atoms with Gasteiger partial charge in [0.25, 0.3) is 5.91 Å². The van der Waals surface area contributed by atoms with Crippen LogP contribution in [0.1, 0.15) is 31.2 Å². The van der Waals surface area contributed by atoms with Gasteiger partial charge in [0, 0.05) is 0 Å². The zero-order valence-electron chi connectivity index (χ0n) is 10.9. The number of carbonyl (C=O) groups is 1. The molecule has 5 heteroatoms. The van der Waals surface area contributed by atoms with Crippen molar-refractivity contribution in [1.82, 2.24) is 5.32 Å². The molecule has 0 aromatic heterocycles. The molecule has 1 amide bonds. The van der Waals surface area contributed by atoms with E-state index in [-0.39, 0.29) is 5.91 Å². The molecule has 0 spiro atoms. The molecule has 1 aliphatic carbocycles. The van der Waals surface area contributed by atoms with Crippen LogP contribution in [0.3, 0.4) is 0 Å². The fourth-order valence-electron chi connectivity index (χ4n) is 2.41. The fourth-order valence-corrected chi connectivity index (χ4v) is 3.46. The fraction of sp³-hybridized carbons (Fsp3) is 0.333. The van der Waals surface area contributed by atoms with Gasteiger partial charge in [-0.25, -0.2) is 0 Å². The Morgan fingerprint density at radius 3 is 2.55 bits per heavy atom. The second-order valence-corrected chi connectivity index (χ2v) is 6.66. The van der Waals surface area contributed by atoms with E-state index in [4.69, 9.17) is 17.0 Å². The summed E-state index contributed by atoms with van der Waals surface area (Å²) in [6.07, 6.45) is 7.05. The predicted octanol–water partition coefficient (Wildman–Crippen LogP) is 3.50. The standard InChI is InChI=1S/C15H15NO2S2/c17-14-13(20-15(19)16-14)9-10-5-7-12(8-6-10)18-11-3-1-2-4-11/h5-9,11H,1-4H2,(H,16,17,19). The smallest absolute Gasteiger partial charge is 0.263 e. The second-order valence-electron chi connectivity index (χ2n) is 4.95. The lowest BCUT2D eigenvalue weighted by atomic mass is 10.2. The van der Waals surface area contributed by atoms with Crippen LogP contribution < -0.4 is 10.1 Å². The Labute approximate surface area is 127 Å². The molecule has 3 nitrogen and oxygen atoms in total. The first kappa shape index (κ1) is 13.6. The third kappa shape index (κ3) is 3.22. The Bertz CT molecular complexity index is 560. The van der Waals surface area contributed by atoms with Crippen LogP contribution in [0, 0.1) is 0 Å². The number of amides is 1. The summed E-state index contributed by atoms with van der Waals surface area (Å²) in [5.41, 5.74) is 0.978. The third-order valence-electron chi connectivity index (χ3n) is 3.42. The summed E-state index contributed by atoms with van der Waals surface area (Å²) in [5.74, 6) is 0.782. The van der Waals surface area contributed by atoms with Crippen LogP contribution in [0.4, 0.5) is 0 Å². The molecule has 0 atom stereocenters. The Balaban J connectivity index is 1.68. The van der Waals surface area contributed by atoms with E-state index >= 15 is 0 Å². The normalized spacial score (nSPS) is 21.5. The summed E-state index contributed by atoms with van der Waals surface area (Å²) in [4.78, 5) is 12.2. The number of hydrogen-bond donors (Lipinski definition) is 1. The Morgan fingerprint density at radius 1 is 1.25 bits per heavy atom. The summed E-state index contributed by atoms with van der Waals surface area (Å²) in [7, 11) is 0. The lowest BCUT2D eigenvalue weighted by Gasteiger charge is -2.12. The number of nitrogens with one attached hydrogen (secondary N) is 1. The molecule has 0 unspecified atom stereocenters. The van der Waals surface area contributed by atoms with Gasteiger partial charge in [-0.3, -0.25) is 4.79 Å². The zero-order valence-corrected chi connectivity index (χ0v) is 12.6. The van der Waals surface area contributed by atoms with Crippen LogP contribution in [0.15, 0.2) is 29.2 Å². The summed E-state index contributed by atoms with van der Waals surface area (Å²) in [6.45, 7) is 0. The highest BCUT2D eigenvalue weighted by molar-refractivity contribution is 8.26. The molecule has 1 N–H and O–H groups in total. The van der Waals surface area contributed by atoms with Crippen molar-refractivity contribution in [2.75, 3.05) is 0 Å². The van der Waals surface area contributed by atoms with Crippen molar-refractivity contribution in [3.8, 4) is 5.75 Å². The number of thiocarbonyl (C=S) groups is 1. The van der Waals surface area contributed by atoms with E-state index in [0.717, 1.165) is 24.2 Å². The molecular weight excluding hydrogens is 290 g/mol.